The fourth-order valence-electron chi connectivity index (χ4n) is 3.09. The Balaban J connectivity index is 1.56. The smallest absolute Gasteiger partial charge is 0.224 e. The lowest BCUT2D eigenvalue weighted by Crippen LogP contribution is -2.30. The molecule has 0 radical (unpaired) electrons. The van der Waals surface area contributed by atoms with E-state index in [2.05, 4.69) is 22.2 Å². The number of rotatable bonds is 6. The molecule has 25 heavy (non-hydrogen) atoms. The van der Waals surface area contributed by atoms with Crippen molar-refractivity contribution in [2.24, 2.45) is 0 Å². The number of halogens is 1. The van der Waals surface area contributed by atoms with Crippen LogP contribution in [0.1, 0.15) is 30.2 Å². The highest BCUT2D eigenvalue weighted by Crippen LogP contribution is 2.17. The van der Waals surface area contributed by atoms with E-state index in [1.807, 2.05) is 18.0 Å². The van der Waals surface area contributed by atoms with Crippen molar-refractivity contribution in [1.29, 1.82) is 0 Å². The van der Waals surface area contributed by atoms with Gasteiger partial charge in [0.1, 0.15) is 5.82 Å². The Bertz CT molecular complexity index is 748. The summed E-state index contributed by atoms with van der Waals surface area (Å²) < 4.78 is 12.9. The highest BCUT2D eigenvalue weighted by molar-refractivity contribution is 5.79. The average molecular weight is 342 g/mol. The fourth-order valence-corrected chi connectivity index (χ4v) is 3.09. The number of anilines is 1. The molecule has 0 saturated carbocycles. The summed E-state index contributed by atoms with van der Waals surface area (Å²) in [6, 6.07) is 6.45. The van der Waals surface area contributed by atoms with Crippen LogP contribution in [0.4, 0.5) is 10.3 Å². The Morgan fingerprint density at radius 2 is 2.08 bits per heavy atom. The largest absolute Gasteiger partial charge is 0.349 e. The Hall–Kier alpha value is -2.50. The summed E-state index contributed by atoms with van der Waals surface area (Å²) in [5.41, 5.74) is 3.13. The molecule has 0 aliphatic carbocycles. The second-order valence-corrected chi connectivity index (χ2v) is 6.44. The maximum atomic E-state index is 12.9. The van der Waals surface area contributed by atoms with Gasteiger partial charge in [0.25, 0.3) is 0 Å². The number of hydrogen-bond acceptors (Lipinski definition) is 4. The van der Waals surface area contributed by atoms with Gasteiger partial charge in [-0.25, -0.2) is 14.4 Å². The van der Waals surface area contributed by atoms with Crippen molar-refractivity contribution < 1.29 is 9.18 Å². The molecule has 132 valence electrons. The number of benzene rings is 1. The normalized spacial score (nSPS) is 17.2. The molecule has 0 spiro atoms. The zero-order valence-electron chi connectivity index (χ0n) is 14.6. The number of aromatic nitrogens is 2. The molecule has 2 aromatic rings. The number of nitrogens with one attached hydrogen (secondary N) is 1. The predicted octanol–water partition coefficient (Wildman–Crippen LogP) is 2.74. The molecule has 1 aromatic heterocycles. The van der Waals surface area contributed by atoms with Crippen molar-refractivity contribution in [3.63, 3.8) is 0 Å². The Morgan fingerprint density at radius 3 is 2.80 bits per heavy atom. The van der Waals surface area contributed by atoms with Crippen LogP contribution in [0.5, 0.6) is 0 Å². The van der Waals surface area contributed by atoms with E-state index in [1.54, 1.807) is 12.1 Å². The molecule has 0 bridgehead atoms. The Kier molecular flexibility index (Phi) is 5.26. The topological polar surface area (TPSA) is 58.1 Å². The lowest BCUT2D eigenvalue weighted by molar-refractivity contribution is -0.127. The molecule has 1 amide bonds. The average Bonchev–Trinajstić information content (AvgIpc) is 2.95. The monoisotopic (exact) mass is 342 g/mol. The molecule has 6 heteroatoms. The Morgan fingerprint density at radius 1 is 1.32 bits per heavy atom. The molecule has 1 aliphatic rings. The van der Waals surface area contributed by atoms with Crippen LogP contribution in [-0.2, 0) is 17.6 Å². The quantitative estimate of drug-likeness (QED) is 0.877. The second kappa shape index (κ2) is 7.59. The lowest BCUT2D eigenvalue weighted by atomic mass is 10.1. The first-order valence-corrected chi connectivity index (χ1v) is 8.66. The van der Waals surface area contributed by atoms with Crippen molar-refractivity contribution in [2.45, 2.75) is 39.2 Å². The molecule has 1 saturated heterocycles. The minimum atomic E-state index is -0.241. The van der Waals surface area contributed by atoms with E-state index in [0.717, 1.165) is 29.7 Å². The van der Waals surface area contributed by atoms with Gasteiger partial charge in [-0.2, -0.15) is 0 Å². The van der Waals surface area contributed by atoms with Gasteiger partial charge in [0.15, 0.2) is 0 Å². The predicted molar refractivity (Wildman–Crippen MR) is 94.9 cm³/mol. The third-order valence-electron chi connectivity index (χ3n) is 4.54. The van der Waals surface area contributed by atoms with Gasteiger partial charge in [-0.15, -0.1) is 0 Å². The molecule has 5 nitrogen and oxygen atoms in total. The highest BCUT2D eigenvalue weighted by Gasteiger charge is 2.29. The first-order chi connectivity index (χ1) is 12.0. The van der Waals surface area contributed by atoms with Crippen LogP contribution in [0.25, 0.3) is 0 Å². The van der Waals surface area contributed by atoms with Gasteiger partial charge in [0, 0.05) is 31.4 Å². The summed E-state index contributed by atoms with van der Waals surface area (Å²) in [6.45, 7) is 5.34. The van der Waals surface area contributed by atoms with Crippen molar-refractivity contribution in [3.8, 4) is 0 Å². The first kappa shape index (κ1) is 17.3. The lowest BCUT2D eigenvalue weighted by Gasteiger charge is -2.17. The van der Waals surface area contributed by atoms with Gasteiger partial charge in [-0.05, 0) is 43.0 Å². The van der Waals surface area contributed by atoms with E-state index in [0.29, 0.717) is 25.5 Å². The van der Waals surface area contributed by atoms with E-state index >= 15 is 0 Å². The van der Waals surface area contributed by atoms with Crippen molar-refractivity contribution in [3.05, 3.63) is 53.1 Å². The van der Waals surface area contributed by atoms with Gasteiger partial charge in [0.05, 0.1) is 6.04 Å². The third kappa shape index (κ3) is 4.32. The summed E-state index contributed by atoms with van der Waals surface area (Å²) in [7, 11) is 0. The van der Waals surface area contributed by atoms with Crippen molar-refractivity contribution in [2.75, 3.05) is 18.4 Å². The van der Waals surface area contributed by atoms with Crippen LogP contribution in [0.2, 0.25) is 0 Å². The van der Waals surface area contributed by atoms with Crippen LogP contribution in [-0.4, -0.2) is 39.9 Å². The number of nitrogens with zero attached hydrogens (tertiary/aromatic N) is 3. The SMILES string of the molecule is CCc1nc(N[C@@H]2CC(=O)N(CCc3ccc(F)cc3)C2)ncc1C. The minimum Gasteiger partial charge on any atom is -0.349 e. The molecule has 1 atom stereocenters. The van der Waals surface area contributed by atoms with E-state index < -0.39 is 0 Å². The summed E-state index contributed by atoms with van der Waals surface area (Å²) in [5.74, 6) is 0.470. The van der Waals surface area contributed by atoms with E-state index in [9.17, 15) is 9.18 Å². The molecule has 1 aromatic carbocycles. The summed E-state index contributed by atoms with van der Waals surface area (Å²) in [6.07, 6.45) is 3.84. The number of likely N-dealkylation sites (tertiary alicyclic amines) is 1. The molecule has 1 aliphatic heterocycles. The number of carbonyl (C=O) groups is 1. The molecule has 2 heterocycles. The van der Waals surface area contributed by atoms with E-state index in [4.69, 9.17) is 0 Å². The molecule has 1 N–H and O–H groups in total. The maximum absolute atomic E-state index is 12.9. The number of hydrogen-bond donors (Lipinski definition) is 1. The van der Waals surface area contributed by atoms with Crippen molar-refractivity contribution >= 4 is 11.9 Å². The van der Waals surface area contributed by atoms with Crippen LogP contribution in [0.3, 0.4) is 0 Å². The van der Waals surface area contributed by atoms with Crippen molar-refractivity contribution in [1.82, 2.24) is 14.9 Å². The summed E-state index contributed by atoms with van der Waals surface area (Å²) >= 11 is 0. The summed E-state index contributed by atoms with van der Waals surface area (Å²) in [4.78, 5) is 22.9. The zero-order valence-corrected chi connectivity index (χ0v) is 14.6. The van der Waals surface area contributed by atoms with Crippen LogP contribution < -0.4 is 5.32 Å². The van der Waals surface area contributed by atoms with Gasteiger partial charge in [-0.3, -0.25) is 4.79 Å². The third-order valence-corrected chi connectivity index (χ3v) is 4.54. The molecular formula is C19H23FN4O. The van der Waals surface area contributed by atoms with Gasteiger partial charge in [-0.1, -0.05) is 19.1 Å². The molecule has 3 rings (SSSR count). The Labute approximate surface area is 147 Å². The molecule has 1 fully saturated rings. The maximum Gasteiger partial charge on any atom is 0.224 e. The van der Waals surface area contributed by atoms with Gasteiger partial charge < -0.3 is 10.2 Å². The van der Waals surface area contributed by atoms with Gasteiger partial charge >= 0.3 is 0 Å². The molecule has 0 unspecified atom stereocenters. The van der Waals surface area contributed by atoms with Crippen LogP contribution in [0, 0.1) is 12.7 Å². The minimum absolute atomic E-state index is 0.0214. The van der Waals surface area contributed by atoms with Crippen LogP contribution in [0.15, 0.2) is 30.5 Å². The van der Waals surface area contributed by atoms with E-state index in [-0.39, 0.29) is 17.8 Å². The second-order valence-electron chi connectivity index (χ2n) is 6.44. The van der Waals surface area contributed by atoms with Crippen LogP contribution >= 0.6 is 0 Å². The number of carbonyl (C=O) groups excluding carboxylic acids is 1. The van der Waals surface area contributed by atoms with Gasteiger partial charge in [0.2, 0.25) is 11.9 Å². The van der Waals surface area contributed by atoms with E-state index in [1.165, 1.54) is 12.1 Å². The standard InChI is InChI=1S/C19H23FN4O/c1-3-17-13(2)11-21-19(23-17)22-16-10-18(25)24(12-16)9-8-14-4-6-15(20)7-5-14/h4-7,11,16H,3,8-10,12H2,1-2H3,(H,21,22,23)/t16-/m1/s1. The highest BCUT2D eigenvalue weighted by atomic mass is 19.1. The molecular weight excluding hydrogens is 319 g/mol. The number of aryl methyl sites for hydroxylation is 2. The zero-order chi connectivity index (χ0) is 17.8. The fraction of sp³-hybridized carbons (Fsp3) is 0.421. The first-order valence-electron chi connectivity index (χ1n) is 8.66. The number of amides is 1. The summed E-state index contributed by atoms with van der Waals surface area (Å²) in [5, 5.41) is 3.27.